The molecule has 7 nitrogen and oxygen atoms in total. The Kier molecular flexibility index (Phi) is 7.15. The Morgan fingerprint density at radius 2 is 1.96 bits per heavy atom. The molecule has 0 radical (unpaired) electrons. The summed E-state index contributed by atoms with van der Waals surface area (Å²) in [6.07, 6.45) is 0.875. The van der Waals surface area contributed by atoms with Crippen LogP contribution in [0, 0.1) is 0 Å². The molecule has 1 aliphatic rings. The maximum absolute atomic E-state index is 12.7. The van der Waals surface area contributed by atoms with E-state index < -0.39 is 12.0 Å². The normalized spacial score (nSPS) is 19.4. The van der Waals surface area contributed by atoms with Gasteiger partial charge in [0, 0.05) is 33.2 Å². The molecule has 2 unspecified atom stereocenters. The van der Waals surface area contributed by atoms with Gasteiger partial charge in [-0.1, -0.05) is 30.3 Å². The number of carbonyl (C=O) groups is 3. The van der Waals surface area contributed by atoms with Crippen LogP contribution in [0.5, 0.6) is 0 Å². The molecule has 2 atom stereocenters. The minimum atomic E-state index is -0.947. The molecule has 142 valence electrons. The van der Waals surface area contributed by atoms with E-state index in [1.165, 1.54) is 11.8 Å². The van der Waals surface area contributed by atoms with Gasteiger partial charge in [-0.2, -0.15) is 0 Å². The Hall–Kier alpha value is -2.41. The van der Waals surface area contributed by atoms with Crippen LogP contribution in [0.2, 0.25) is 0 Å². The van der Waals surface area contributed by atoms with Gasteiger partial charge in [-0.15, -0.1) is 0 Å². The predicted molar refractivity (Wildman–Crippen MR) is 95.6 cm³/mol. The third kappa shape index (κ3) is 5.56. The summed E-state index contributed by atoms with van der Waals surface area (Å²) in [4.78, 5) is 38.8. The van der Waals surface area contributed by atoms with Crippen molar-refractivity contribution in [2.45, 2.75) is 38.3 Å². The van der Waals surface area contributed by atoms with Crippen molar-refractivity contribution in [1.29, 1.82) is 0 Å². The zero-order chi connectivity index (χ0) is 19.1. The van der Waals surface area contributed by atoms with Crippen molar-refractivity contribution in [2.75, 3.05) is 26.7 Å². The van der Waals surface area contributed by atoms with Crippen LogP contribution in [0.3, 0.4) is 0 Å². The second-order valence-corrected chi connectivity index (χ2v) is 6.57. The Labute approximate surface area is 153 Å². The molecule has 0 aliphatic carbocycles. The van der Waals surface area contributed by atoms with Crippen molar-refractivity contribution < 1.29 is 24.2 Å². The number of amides is 2. The van der Waals surface area contributed by atoms with Crippen molar-refractivity contribution in [3.8, 4) is 0 Å². The van der Waals surface area contributed by atoms with Crippen LogP contribution in [0.25, 0.3) is 0 Å². The highest BCUT2D eigenvalue weighted by molar-refractivity contribution is 5.84. The molecule has 0 spiro atoms. The molecule has 1 saturated heterocycles. The third-order valence-corrected chi connectivity index (χ3v) is 4.72. The van der Waals surface area contributed by atoms with Gasteiger partial charge < -0.3 is 19.6 Å². The number of hydrogen-bond donors (Lipinski definition) is 1. The lowest BCUT2D eigenvalue weighted by Crippen LogP contribution is -2.45. The van der Waals surface area contributed by atoms with Crippen molar-refractivity contribution in [3.05, 3.63) is 35.9 Å². The highest BCUT2D eigenvalue weighted by Crippen LogP contribution is 2.23. The summed E-state index contributed by atoms with van der Waals surface area (Å²) in [6, 6.07) is 9.36. The summed E-state index contributed by atoms with van der Waals surface area (Å²) in [7, 11) is 1.55. The summed E-state index contributed by atoms with van der Waals surface area (Å²) in [5.41, 5.74) is 1.09. The van der Waals surface area contributed by atoms with E-state index in [9.17, 15) is 14.4 Å². The van der Waals surface area contributed by atoms with E-state index >= 15 is 0 Å². The summed E-state index contributed by atoms with van der Waals surface area (Å²) in [5, 5.41) is 9.07. The summed E-state index contributed by atoms with van der Waals surface area (Å²) in [6.45, 7) is 2.19. The average Bonchev–Trinajstić information content (AvgIpc) is 3.01. The van der Waals surface area contributed by atoms with Gasteiger partial charge in [0.2, 0.25) is 11.8 Å². The van der Waals surface area contributed by atoms with Crippen LogP contribution >= 0.6 is 0 Å². The van der Waals surface area contributed by atoms with Crippen LogP contribution in [-0.4, -0.2) is 71.6 Å². The average molecular weight is 362 g/mol. The van der Waals surface area contributed by atoms with Gasteiger partial charge in [0.15, 0.2) is 0 Å². The molecule has 2 rings (SSSR count). The maximum Gasteiger partial charge on any atom is 0.305 e. The lowest BCUT2D eigenvalue weighted by molar-refractivity contribution is -0.143. The van der Waals surface area contributed by atoms with E-state index in [2.05, 4.69) is 0 Å². The van der Waals surface area contributed by atoms with E-state index in [0.29, 0.717) is 25.9 Å². The number of aliphatic carboxylic acids is 1. The van der Waals surface area contributed by atoms with E-state index in [1.807, 2.05) is 30.3 Å². The predicted octanol–water partition coefficient (Wildman–Crippen LogP) is 1.17. The first-order chi connectivity index (χ1) is 12.4. The second kappa shape index (κ2) is 9.33. The number of carbonyl (C=O) groups excluding carboxylic acids is 2. The number of carboxylic acid groups (broad SMARTS) is 1. The van der Waals surface area contributed by atoms with Gasteiger partial charge in [-0.25, -0.2) is 0 Å². The molecule has 26 heavy (non-hydrogen) atoms. The number of ether oxygens (including phenoxy) is 1. The van der Waals surface area contributed by atoms with Crippen LogP contribution in [0.4, 0.5) is 0 Å². The molecule has 7 heteroatoms. The fraction of sp³-hybridized carbons (Fsp3) is 0.526. The van der Waals surface area contributed by atoms with E-state index in [0.717, 1.165) is 5.56 Å². The van der Waals surface area contributed by atoms with Crippen LogP contribution in [0.15, 0.2) is 30.3 Å². The quantitative estimate of drug-likeness (QED) is 0.750. The SMILES string of the molecule is COC1CC(CC(=O)O)N(C(=O)CN(CCc2ccccc2)C(C)=O)C1. The fourth-order valence-electron chi connectivity index (χ4n) is 3.26. The number of benzene rings is 1. The molecule has 2 amide bonds. The largest absolute Gasteiger partial charge is 0.481 e. The monoisotopic (exact) mass is 362 g/mol. The fourth-order valence-corrected chi connectivity index (χ4v) is 3.26. The highest BCUT2D eigenvalue weighted by atomic mass is 16.5. The Morgan fingerprint density at radius 3 is 2.54 bits per heavy atom. The first-order valence-electron chi connectivity index (χ1n) is 8.74. The smallest absolute Gasteiger partial charge is 0.305 e. The van der Waals surface area contributed by atoms with Crippen LogP contribution < -0.4 is 0 Å². The Bertz CT molecular complexity index is 634. The van der Waals surface area contributed by atoms with Gasteiger partial charge in [0.05, 0.1) is 19.1 Å². The first kappa shape index (κ1) is 19.9. The summed E-state index contributed by atoms with van der Waals surface area (Å²) >= 11 is 0. The number of rotatable bonds is 8. The van der Waals surface area contributed by atoms with Crippen LogP contribution in [-0.2, 0) is 25.5 Å². The molecule has 0 bridgehead atoms. The van der Waals surface area contributed by atoms with Crippen molar-refractivity contribution >= 4 is 17.8 Å². The van der Waals surface area contributed by atoms with Crippen molar-refractivity contribution in [1.82, 2.24) is 9.80 Å². The number of likely N-dealkylation sites (tertiary alicyclic amines) is 1. The van der Waals surface area contributed by atoms with Gasteiger partial charge >= 0.3 is 5.97 Å². The molecule has 0 aromatic heterocycles. The topological polar surface area (TPSA) is 87.2 Å². The Balaban J connectivity index is 1.98. The second-order valence-electron chi connectivity index (χ2n) is 6.57. The summed E-state index contributed by atoms with van der Waals surface area (Å²) < 4.78 is 5.29. The molecular weight excluding hydrogens is 336 g/mol. The number of carboxylic acids is 1. The van der Waals surface area contributed by atoms with E-state index in [1.54, 1.807) is 12.0 Å². The third-order valence-electron chi connectivity index (χ3n) is 4.72. The lowest BCUT2D eigenvalue weighted by Gasteiger charge is -2.27. The number of nitrogens with zero attached hydrogens (tertiary/aromatic N) is 2. The molecule has 1 aromatic carbocycles. The lowest BCUT2D eigenvalue weighted by atomic mass is 10.1. The van der Waals surface area contributed by atoms with Gasteiger partial charge in [0.1, 0.15) is 0 Å². The van der Waals surface area contributed by atoms with E-state index in [-0.39, 0.29) is 30.9 Å². The minimum absolute atomic E-state index is 0.0469. The maximum atomic E-state index is 12.7. The van der Waals surface area contributed by atoms with Crippen molar-refractivity contribution in [2.24, 2.45) is 0 Å². The molecular formula is C19H26N2O5. The zero-order valence-electron chi connectivity index (χ0n) is 15.3. The number of hydrogen-bond acceptors (Lipinski definition) is 4. The minimum Gasteiger partial charge on any atom is -0.481 e. The van der Waals surface area contributed by atoms with Gasteiger partial charge in [0.25, 0.3) is 0 Å². The molecule has 1 aromatic rings. The zero-order valence-corrected chi connectivity index (χ0v) is 15.3. The molecule has 1 N–H and O–H groups in total. The summed E-state index contributed by atoms with van der Waals surface area (Å²) in [5.74, 6) is -1.36. The highest BCUT2D eigenvalue weighted by Gasteiger charge is 2.37. The van der Waals surface area contributed by atoms with E-state index in [4.69, 9.17) is 9.84 Å². The molecule has 1 fully saturated rings. The molecule has 0 saturated carbocycles. The Morgan fingerprint density at radius 1 is 1.27 bits per heavy atom. The van der Waals surface area contributed by atoms with Crippen molar-refractivity contribution in [3.63, 3.8) is 0 Å². The standard InChI is InChI=1S/C19H26N2O5/c1-14(22)20(9-8-15-6-4-3-5-7-15)13-18(23)21-12-17(26-2)10-16(21)11-19(24)25/h3-7,16-17H,8-13H2,1-2H3,(H,24,25). The molecule has 1 aliphatic heterocycles. The first-order valence-corrected chi connectivity index (χ1v) is 8.74. The molecule has 1 heterocycles. The van der Waals surface area contributed by atoms with Crippen LogP contribution in [0.1, 0.15) is 25.3 Å². The number of methoxy groups -OCH3 is 1. The van der Waals surface area contributed by atoms with Gasteiger partial charge in [-0.05, 0) is 18.4 Å². The van der Waals surface area contributed by atoms with Gasteiger partial charge in [-0.3, -0.25) is 14.4 Å².